The first kappa shape index (κ1) is 22.0. The summed E-state index contributed by atoms with van der Waals surface area (Å²) >= 11 is 0. The van der Waals surface area contributed by atoms with E-state index in [-0.39, 0.29) is 0 Å². The molecule has 0 saturated heterocycles. The van der Waals surface area contributed by atoms with Gasteiger partial charge in [0, 0.05) is 32.4 Å². The minimum absolute atomic E-state index is 0.538. The van der Waals surface area contributed by atoms with Gasteiger partial charge in [-0.3, -0.25) is 4.99 Å². The zero-order chi connectivity index (χ0) is 21.9. The lowest BCUT2D eigenvalue weighted by Gasteiger charge is -2.12. The van der Waals surface area contributed by atoms with Gasteiger partial charge in [0.15, 0.2) is 5.96 Å². The Morgan fingerprint density at radius 2 is 1.42 bits per heavy atom. The van der Waals surface area contributed by atoms with Crippen LogP contribution in [-0.4, -0.2) is 38.8 Å². The lowest BCUT2D eigenvalue weighted by molar-refractivity contribution is 0.412. The quantitative estimate of drug-likeness (QED) is 0.405. The third-order valence-electron chi connectivity index (χ3n) is 4.63. The number of pyridine rings is 1. The number of methoxy groups -OCH3 is 2. The normalized spacial score (nSPS) is 11.0. The first-order chi connectivity index (χ1) is 15.2. The first-order valence-corrected chi connectivity index (χ1v) is 10.0. The summed E-state index contributed by atoms with van der Waals surface area (Å²) in [5.41, 5.74) is 2.26. The van der Waals surface area contributed by atoms with Crippen molar-refractivity contribution in [3.63, 3.8) is 0 Å². The number of hydrogen-bond donors (Lipinski definition) is 2. The number of aliphatic imine (C=N–C) groups is 1. The van der Waals surface area contributed by atoms with Crippen LogP contribution < -0.4 is 24.8 Å². The van der Waals surface area contributed by atoms with Crippen LogP contribution in [0.25, 0.3) is 0 Å². The number of nitrogens with one attached hydrogen (secondary N) is 2. The fourth-order valence-electron chi connectivity index (χ4n) is 2.86. The Labute approximate surface area is 183 Å². The molecule has 3 rings (SSSR count). The minimum Gasteiger partial charge on any atom is -0.497 e. The molecule has 0 bridgehead atoms. The van der Waals surface area contributed by atoms with Gasteiger partial charge in [-0.2, -0.15) is 0 Å². The van der Waals surface area contributed by atoms with E-state index in [4.69, 9.17) is 14.2 Å². The molecule has 3 aromatic rings. The average molecular weight is 421 g/mol. The zero-order valence-corrected chi connectivity index (χ0v) is 18.1. The van der Waals surface area contributed by atoms with E-state index < -0.39 is 0 Å². The summed E-state index contributed by atoms with van der Waals surface area (Å²) in [6.45, 7) is 1.39. The molecule has 0 aliphatic rings. The van der Waals surface area contributed by atoms with Crippen molar-refractivity contribution in [1.82, 2.24) is 15.6 Å². The Kier molecular flexibility index (Phi) is 8.11. The van der Waals surface area contributed by atoms with E-state index in [0.29, 0.717) is 18.2 Å². The third kappa shape index (κ3) is 6.92. The Balaban J connectivity index is 1.43. The molecule has 7 nitrogen and oxygen atoms in total. The number of rotatable bonds is 9. The highest BCUT2D eigenvalue weighted by Crippen LogP contribution is 2.22. The SMILES string of the molecule is CN=C(NCCc1ccc(OC)cc1)NCc1ccc(Oc2ccc(OC)cc2)nc1. The van der Waals surface area contributed by atoms with Gasteiger partial charge in [0.05, 0.1) is 14.2 Å². The molecular weight excluding hydrogens is 392 g/mol. The van der Waals surface area contributed by atoms with Gasteiger partial charge in [-0.15, -0.1) is 0 Å². The van der Waals surface area contributed by atoms with Crippen LogP contribution in [0.15, 0.2) is 71.9 Å². The van der Waals surface area contributed by atoms with Crippen LogP contribution in [0.5, 0.6) is 23.1 Å². The molecule has 0 atom stereocenters. The van der Waals surface area contributed by atoms with Crippen LogP contribution in [0.1, 0.15) is 11.1 Å². The van der Waals surface area contributed by atoms with Gasteiger partial charge in [0.1, 0.15) is 17.2 Å². The summed E-state index contributed by atoms with van der Waals surface area (Å²) in [5, 5.41) is 6.62. The van der Waals surface area contributed by atoms with Gasteiger partial charge in [0.2, 0.25) is 5.88 Å². The predicted octanol–water partition coefficient (Wildman–Crippen LogP) is 3.80. The molecule has 0 amide bonds. The molecule has 0 saturated carbocycles. The van der Waals surface area contributed by atoms with Gasteiger partial charge >= 0.3 is 0 Å². The number of aromatic nitrogens is 1. The van der Waals surface area contributed by atoms with E-state index in [0.717, 1.165) is 36.0 Å². The van der Waals surface area contributed by atoms with Crippen molar-refractivity contribution in [3.05, 3.63) is 78.0 Å². The van der Waals surface area contributed by atoms with E-state index in [1.807, 2.05) is 48.5 Å². The minimum atomic E-state index is 0.538. The largest absolute Gasteiger partial charge is 0.497 e. The fraction of sp³-hybridized carbons (Fsp3) is 0.250. The molecule has 0 fully saturated rings. The molecule has 2 N–H and O–H groups in total. The van der Waals surface area contributed by atoms with Crippen molar-refractivity contribution < 1.29 is 14.2 Å². The molecule has 2 aromatic carbocycles. The summed E-state index contributed by atoms with van der Waals surface area (Å²) in [4.78, 5) is 8.64. The molecule has 1 heterocycles. The van der Waals surface area contributed by atoms with Crippen molar-refractivity contribution >= 4 is 5.96 Å². The van der Waals surface area contributed by atoms with Crippen LogP contribution in [0.2, 0.25) is 0 Å². The standard InChI is InChI=1S/C24H28N4O3/c1-25-24(26-15-14-18-4-7-20(29-2)8-5-18)28-17-19-6-13-23(27-16-19)31-22-11-9-21(30-3)10-12-22/h4-13,16H,14-15,17H2,1-3H3,(H2,25,26,28). The van der Waals surface area contributed by atoms with Crippen molar-refractivity contribution in [3.8, 4) is 23.1 Å². The summed E-state index contributed by atoms with van der Waals surface area (Å²) < 4.78 is 16.1. The summed E-state index contributed by atoms with van der Waals surface area (Å²) in [6, 6.07) is 19.3. The lowest BCUT2D eigenvalue weighted by atomic mass is 10.1. The van der Waals surface area contributed by atoms with Crippen LogP contribution in [0, 0.1) is 0 Å². The van der Waals surface area contributed by atoms with E-state index in [9.17, 15) is 0 Å². The van der Waals surface area contributed by atoms with E-state index >= 15 is 0 Å². The average Bonchev–Trinajstić information content (AvgIpc) is 2.83. The molecule has 0 aliphatic carbocycles. The number of benzene rings is 2. The highest BCUT2D eigenvalue weighted by atomic mass is 16.5. The molecule has 31 heavy (non-hydrogen) atoms. The molecule has 0 radical (unpaired) electrons. The van der Waals surface area contributed by atoms with E-state index in [1.54, 1.807) is 27.5 Å². The van der Waals surface area contributed by atoms with Crippen LogP contribution in [0.3, 0.4) is 0 Å². The fourth-order valence-corrected chi connectivity index (χ4v) is 2.86. The number of ether oxygens (including phenoxy) is 3. The Hall–Kier alpha value is -3.74. The molecule has 1 aromatic heterocycles. The predicted molar refractivity (Wildman–Crippen MR) is 122 cm³/mol. The monoisotopic (exact) mass is 420 g/mol. The molecule has 162 valence electrons. The maximum Gasteiger partial charge on any atom is 0.219 e. The van der Waals surface area contributed by atoms with Gasteiger partial charge in [-0.25, -0.2) is 4.98 Å². The summed E-state index contributed by atoms with van der Waals surface area (Å²) in [7, 11) is 5.06. The highest BCUT2D eigenvalue weighted by molar-refractivity contribution is 5.79. The van der Waals surface area contributed by atoms with Crippen molar-refractivity contribution in [2.45, 2.75) is 13.0 Å². The van der Waals surface area contributed by atoms with Crippen LogP contribution in [0.4, 0.5) is 0 Å². The molecule has 7 heteroatoms. The second-order valence-electron chi connectivity index (χ2n) is 6.73. The van der Waals surface area contributed by atoms with Gasteiger partial charge in [0.25, 0.3) is 0 Å². The maximum absolute atomic E-state index is 5.76. The van der Waals surface area contributed by atoms with Crippen molar-refractivity contribution in [1.29, 1.82) is 0 Å². The smallest absolute Gasteiger partial charge is 0.219 e. The van der Waals surface area contributed by atoms with Gasteiger partial charge in [-0.1, -0.05) is 18.2 Å². The topological polar surface area (TPSA) is 77.0 Å². The second-order valence-corrected chi connectivity index (χ2v) is 6.73. The summed E-state index contributed by atoms with van der Waals surface area (Å²) in [5.74, 6) is 3.64. The highest BCUT2D eigenvalue weighted by Gasteiger charge is 2.03. The third-order valence-corrected chi connectivity index (χ3v) is 4.63. The molecule has 0 spiro atoms. The maximum atomic E-state index is 5.76. The van der Waals surface area contributed by atoms with Gasteiger partial charge < -0.3 is 24.8 Å². The van der Waals surface area contributed by atoms with Crippen LogP contribution in [-0.2, 0) is 13.0 Å². The van der Waals surface area contributed by atoms with Crippen LogP contribution >= 0.6 is 0 Å². The van der Waals surface area contributed by atoms with Crippen molar-refractivity contribution in [2.24, 2.45) is 4.99 Å². The summed E-state index contributed by atoms with van der Waals surface area (Å²) in [6.07, 6.45) is 2.68. The van der Waals surface area contributed by atoms with Gasteiger partial charge in [-0.05, 0) is 53.9 Å². The van der Waals surface area contributed by atoms with E-state index in [1.165, 1.54) is 5.56 Å². The molecular formula is C24H28N4O3. The number of guanidine groups is 1. The Morgan fingerprint density at radius 1 is 0.806 bits per heavy atom. The lowest BCUT2D eigenvalue weighted by Crippen LogP contribution is -2.37. The molecule has 0 aliphatic heterocycles. The number of nitrogens with zero attached hydrogens (tertiary/aromatic N) is 2. The van der Waals surface area contributed by atoms with E-state index in [2.05, 4.69) is 32.7 Å². The Morgan fingerprint density at radius 3 is 2.00 bits per heavy atom. The first-order valence-electron chi connectivity index (χ1n) is 10.0. The number of hydrogen-bond acceptors (Lipinski definition) is 5. The second kappa shape index (κ2) is 11.4. The Bertz CT molecular complexity index is 956. The zero-order valence-electron chi connectivity index (χ0n) is 18.1. The van der Waals surface area contributed by atoms with Crippen molar-refractivity contribution in [2.75, 3.05) is 27.8 Å². The molecule has 0 unspecified atom stereocenters.